The van der Waals surface area contributed by atoms with Crippen LogP contribution in [0.2, 0.25) is 0 Å². The smallest absolute Gasteiger partial charge is 0.295 e. The number of ketones is 1. The van der Waals surface area contributed by atoms with Crippen molar-refractivity contribution in [2.24, 2.45) is 0 Å². The maximum atomic E-state index is 13.8. The predicted octanol–water partition coefficient (Wildman–Crippen LogP) is 1.28. The van der Waals surface area contributed by atoms with Gasteiger partial charge in [-0.25, -0.2) is 9.97 Å². The number of H-pyrrole nitrogens is 1. The summed E-state index contributed by atoms with van der Waals surface area (Å²) in [6.45, 7) is 1.89. The zero-order valence-electron chi connectivity index (χ0n) is 17.2. The molecule has 4 aromatic heterocycles. The number of fused-ring (bicyclic) bond motifs is 1. The van der Waals surface area contributed by atoms with E-state index in [1.165, 1.54) is 4.90 Å². The molecule has 1 aliphatic rings. The van der Waals surface area contributed by atoms with E-state index in [0.717, 1.165) is 5.56 Å². The van der Waals surface area contributed by atoms with E-state index in [2.05, 4.69) is 15.0 Å². The van der Waals surface area contributed by atoms with Gasteiger partial charge in [0, 0.05) is 35.8 Å². The molecule has 5 rings (SSSR count). The van der Waals surface area contributed by atoms with Crippen LogP contribution in [0.15, 0.2) is 79.0 Å². The van der Waals surface area contributed by atoms with E-state index in [9.17, 15) is 14.7 Å². The Labute approximate surface area is 183 Å². The van der Waals surface area contributed by atoms with Gasteiger partial charge in [-0.3, -0.25) is 14.6 Å². The highest BCUT2D eigenvalue weighted by Crippen LogP contribution is 2.39. The number of carbonyl (C=O) groups is 2. The number of nitrogens with one attached hydrogen (secondary N) is 1. The zero-order valence-corrected chi connectivity index (χ0v) is 17.2. The van der Waals surface area contributed by atoms with Crippen molar-refractivity contribution in [2.45, 2.75) is 19.5 Å². The molecular weight excluding hydrogens is 406 g/mol. The van der Waals surface area contributed by atoms with Gasteiger partial charge < -0.3 is 14.4 Å². The highest BCUT2D eigenvalue weighted by molar-refractivity contribution is 6.46. The molecule has 8 heteroatoms. The molecule has 158 valence electrons. The Balaban J connectivity index is 1.71. The number of aromatic nitrogens is 4. The van der Waals surface area contributed by atoms with Gasteiger partial charge in [0.05, 0.1) is 24.0 Å². The number of nitrogens with zero attached hydrogens (tertiary/aromatic N) is 4. The molecule has 1 N–H and O–H groups in total. The number of pyridine rings is 3. The molecule has 1 unspecified atom stereocenters. The van der Waals surface area contributed by atoms with E-state index < -0.39 is 23.5 Å². The van der Waals surface area contributed by atoms with Crippen molar-refractivity contribution < 1.29 is 19.7 Å². The molecule has 1 amide bonds. The Morgan fingerprint density at radius 1 is 1.16 bits per heavy atom. The molecule has 0 spiro atoms. The van der Waals surface area contributed by atoms with Gasteiger partial charge in [0.2, 0.25) is 5.78 Å². The number of Topliss-reactive ketones (excluding diaryl/α,β-unsaturated/α-hetero) is 1. The lowest BCUT2D eigenvalue weighted by Crippen LogP contribution is -2.29. The third-order valence-electron chi connectivity index (χ3n) is 5.57. The summed E-state index contributed by atoms with van der Waals surface area (Å²) in [5.41, 5.74) is 2.69. The second kappa shape index (κ2) is 7.73. The first-order valence-electron chi connectivity index (χ1n) is 10.1. The molecule has 1 saturated heterocycles. The van der Waals surface area contributed by atoms with Gasteiger partial charge in [-0.15, -0.1) is 0 Å². The van der Waals surface area contributed by atoms with Crippen LogP contribution in [0, 0.1) is 6.92 Å². The van der Waals surface area contributed by atoms with Gasteiger partial charge >= 0.3 is 0 Å². The van der Waals surface area contributed by atoms with Gasteiger partial charge in [0.15, 0.2) is 12.4 Å². The number of amides is 1. The van der Waals surface area contributed by atoms with Crippen LogP contribution < -0.4 is 10.1 Å². The quantitative estimate of drug-likeness (QED) is 0.278. The second-order valence-electron chi connectivity index (χ2n) is 7.58. The highest BCUT2D eigenvalue weighted by atomic mass is 16.3. The first-order valence-corrected chi connectivity index (χ1v) is 10.1. The maximum Gasteiger partial charge on any atom is 0.295 e. The Kier molecular flexibility index (Phi) is 4.74. The monoisotopic (exact) mass is 425 g/mol. The van der Waals surface area contributed by atoms with Crippen LogP contribution in [0.25, 0.3) is 11.4 Å². The average molecular weight is 425 g/mol. The Bertz CT molecular complexity index is 1360. The van der Waals surface area contributed by atoms with Gasteiger partial charge in [-0.2, -0.15) is 0 Å². The Morgan fingerprint density at radius 3 is 2.78 bits per heavy atom. The lowest BCUT2D eigenvalue weighted by Gasteiger charge is -2.27. The molecular formula is C24H19N5O3. The number of aromatic amines is 1. The fourth-order valence-corrected chi connectivity index (χ4v) is 4.16. The van der Waals surface area contributed by atoms with E-state index in [4.69, 9.17) is 0 Å². The van der Waals surface area contributed by atoms with Crippen molar-refractivity contribution in [1.29, 1.82) is 0 Å². The molecule has 0 bridgehead atoms. The third-order valence-corrected chi connectivity index (χ3v) is 5.57. The van der Waals surface area contributed by atoms with Crippen LogP contribution in [0.3, 0.4) is 0 Å². The summed E-state index contributed by atoms with van der Waals surface area (Å²) in [6.07, 6.45) is 8.42. The maximum absolute atomic E-state index is 13.8. The summed E-state index contributed by atoms with van der Waals surface area (Å²) < 4.78 is 1.65. The SMILES string of the molecule is Cc1nc2ccccn2c1C([O-])=C1C(=O)C(=O)N(Cc2ccc[nH+]c2)C1c1cccnc1. The molecule has 8 nitrogen and oxygen atoms in total. The van der Waals surface area contributed by atoms with E-state index in [0.29, 0.717) is 16.9 Å². The van der Waals surface area contributed by atoms with Crippen LogP contribution in [0.5, 0.6) is 0 Å². The molecule has 0 aliphatic carbocycles. The zero-order chi connectivity index (χ0) is 22.2. The predicted molar refractivity (Wildman–Crippen MR) is 112 cm³/mol. The number of hydrogen-bond donors (Lipinski definition) is 0. The standard InChI is InChI=1S/C24H19N5O3/c1-15-20(28-11-3-2-8-18(28)27-15)22(30)19-21(17-7-5-10-26-13-17)29(24(32)23(19)31)14-16-6-4-9-25-12-16/h2-13,21,30H,14H2,1H3. The molecule has 0 radical (unpaired) electrons. The molecule has 4 aromatic rings. The van der Waals surface area contributed by atoms with E-state index in [1.807, 2.05) is 18.2 Å². The topological polar surface area (TPSA) is 105 Å². The van der Waals surface area contributed by atoms with Gasteiger partial charge in [-0.05, 0) is 36.8 Å². The number of aryl methyl sites for hydroxylation is 1. The van der Waals surface area contributed by atoms with E-state index in [-0.39, 0.29) is 17.8 Å². The summed E-state index contributed by atoms with van der Waals surface area (Å²) in [5, 5.41) is 13.8. The van der Waals surface area contributed by atoms with Crippen molar-refractivity contribution >= 4 is 23.1 Å². The normalized spacial score (nSPS) is 17.9. The van der Waals surface area contributed by atoms with Crippen LogP contribution in [0.4, 0.5) is 0 Å². The van der Waals surface area contributed by atoms with Crippen LogP contribution in [-0.4, -0.2) is 31.0 Å². The molecule has 5 heterocycles. The fourth-order valence-electron chi connectivity index (χ4n) is 4.16. The van der Waals surface area contributed by atoms with Crippen molar-refractivity contribution in [3.05, 3.63) is 102 Å². The number of hydrogen-bond acceptors (Lipinski definition) is 5. The lowest BCUT2D eigenvalue weighted by molar-refractivity contribution is -0.378. The first-order chi connectivity index (χ1) is 15.6. The summed E-state index contributed by atoms with van der Waals surface area (Å²) in [5.74, 6) is -2.01. The fraction of sp³-hybridized carbons (Fsp3) is 0.125. The van der Waals surface area contributed by atoms with Crippen molar-refractivity contribution in [2.75, 3.05) is 0 Å². The average Bonchev–Trinajstić information content (AvgIpc) is 3.28. The van der Waals surface area contributed by atoms with E-state index in [1.54, 1.807) is 66.6 Å². The third kappa shape index (κ3) is 3.13. The number of imidazole rings is 1. The first kappa shape index (κ1) is 19.6. The Morgan fingerprint density at radius 2 is 2.03 bits per heavy atom. The molecule has 1 atom stereocenters. The second-order valence-corrected chi connectivity index (χ2v) is 7.58. The molecule has 1 aliphatic heterocycles. The molecule has 0 saturated carbocycles. The number of likely N-dealkylation sites (tertiary alicyclic amines) is 1. The number of rotatable bonds is 4. The summed E-state index contributed by atoms with van der Waals surface area (Å²) in [6, 6.07) is 11.7. The largest absolute Gasteiger partial charge is 0.871 e. The van der Waals surface area contributed by atoms with Crippen LogP contribution >= 0.6 is 0 Å². The van der Waals surface area contributed by atoms with Crippen molar-refractivity contribution in [3.8, 4) is 0 Å². The molecule has 0 aromatic carbocycles. The van der Waals surface area contributed by atoms with Crippen LogP contribution in [-0.2, 0) is 16.1 Å². The van der Waals surface area contributed by atoms with Crippen molar-refractivity contribution in [1.82, 2.24) is 19.3 Å². The summed E-state index contributed by atoms with van der Waals surface area (Å²) in [4.78, 5) is 39.2. The van der Waals surface area contributed by atoms with E-state index >= 15 is 0 Å². The molecule has 32 heavy (non-hydrogen) atoms. The lowest BCUT2D eigenvalue weighted by atomic mass is 9.97. The highest BCUT2D eigenvalue weighted by Gasteiger charge is 2.44. The molecule has 1 fully saturated rings. The Hall–Kier alpha value is -4.33. The summed E-state index contributed by atoms with van der Waals surface area (Å²) in [7, 11) is 0. The van der Waals surface area contributed by atoms with Crippen molar-refractivity contribution in [3.63, 3.8) is 0 Å². The summed E-state index contributed by atoms with van der Waals surface area (Å²) >= 11 is 0. The van der Waals surface area contributed by atoms with Crippen LogP contribution in [0.1, 0.15) is 28.6 Å². The van der Waals surface area contributed by atoms with Gasteiger partial charge in [-0.1, -0.05) is 17.9 Å². The minimum atomic E-state index is -0.843. The minimum absolute atomic E-state index is 0.0864. The number of carbonyl (C=O) groups excluding carboxylic acids is 2. The van der Waals surface area contributed by atoms with Gasteiger partial charge in [0.1, 0.15) is 5.65 Å². The van der Waals surface area contributed by atoms with Gasteiger partial charge in [0.25, 0.3) is 5.91 Å². The minimum Gasteiger partial charge on any atom is -0.871 e.